The molecule has 4 rings (SSSR count). The topological polar surface area (TPSA) is 52.8 Å². The van der Waals surface area contributed by atoms with Crippen molar-refractivity contribution >= 4 is 17.8 Å². The molecule has 3 atom stereocenters. The highest BCUT2D eigenvalue weighted by Gasteiger charge is 2.40. The van der Waals surface area contributed by atoms with Crippen LogP contribution in [0.25, 0.3) is 0 Å². The molecule has 1 aliphatic carbocycles. The predicted octanol–water partition coefficient (Wildman–Crippen LogP) is 4.65. The lowest BCUT2D eigenvalue weighted by Gasteiger charge is -2.38. The first-order valence-corrected chi connectivity index (χ1v) is 9.41. The van der Waals surface area contributed by atoms with Crippen molar-refractivity contribution < 1.29 is 10.2 Å². The fourth-order valence-corrected chi connectivity index (χ4v) is 4.47. The number of aliphatic hydroxyl groups excluding tert-OH is 1. The maximum atomic E-state index is 10.8. The molecule has 1 heterocycles. The van der Waals surface area contributed by atoms with Gasteiger partial charge in [-0.25, -0.2) is 0 Å². The smallest absolute Gasteiger partial charge is 0.115 e. The number of benzene rings is 2. The van der Waals surface area contributed by atoms with Crippen molar-refractivity contribution in [3.8, 4) is 5.75 Å². The standard InChI is InChI=1S/C22H22ClNO2/c23-19-4-1-3-16(12-19)21(26)14-22(9-2-10-24-22)18-7-5-15-6-8-20(25)13-17(15)11-18/h1-4,6,8-10,12-13,18,21,25-26H,5,7,11,14H2. The van der Waals surface area contributed by atoms with Gasteiger partial charge in [-0.05, 0) is 72.2 Å². The molecule has 0 radical (unpaired) electrons. The van der Waals surface area contributed by atoms with Gasteiger partial charge in [0, 0.05) is 17.7 Å². The van der Waals surface area contributed by atoms with Crippen LogP contribution in [0.1, 0.15) is 35.6 Å². The van der Waals surface area contributed by atoms with E-state index in [0.29, 0.717) is 23.1 Å². The van der Waals surface area contributed by atoms with Crippen LogP contribution in [-0.2, 0) is 12.8 Å². The fraction of sp³-hybridized carbons (Fsp3) is 0.318. The highest BCUT2D eigenvalue weighted by atomic mass is 35.5. The van der Waals surface area contributed by atoms with Crippen LogP contribution < -0.4 is 0 Å². The molecule has 134 valence electrons. The summed E-state index contributed by atoms with van der Waals surface area (Å²) in [6, 6.07) is 13.0. The second kappa shape index (κ2) is 6.90. The fourth-order valence-electron chi connectivity index (χ4n) is 4.28. The van der Waals surface area contributed by atoms with Crippen molar-refractivity contribution in [1.82, 2.24) is 0 Å². The second-order valence-electron chi connectivity index (χ2n) is 7.30. The summed E-state index contributed by atoms with van der Waals surface area (Å²) in [6.45, 7) is 0. The van der Waals surface area contributed by atoms with Crippen molar-refractivity contribution in [2.75, 3.05) is 0 Å². The van der Waals surface area contributed by atoms with Gasteiger partial charge in [0.25, 0.3) is 0 Å². The number of aliphatic imine (C=N–C) groups is 1. The first-order valence-electron chi connectivity index (χ1n) is 9.03. The monoisotopic (exact) mass is 367 g/mol. The number of nitrogens with zero attached hydrogens (tertiary/aromatic N) is 1. The number of phenols is 1. The van der Waals surface area contributed by atoms with Gasteiger partial charge in [-0.2, -0.15) is 0 Å². The molecule has 4 heteroatoms. The first kappa shape index (κ1) is 17.3. The zero-order valence-corrected chi connectivity index (χ0v) is 15.2. The normalized spacial score (nSPS) is 25.2. The Bertz CT molecular complexity index is 862. The molecule has 2 aliphatic rings. The molecule has 3 nitrogen and oxygen atoms in total. The summed E-state index contributed by atoms with van der Waals surface area (Å²) < 4.78 is 0. The van der Waals surface area contributed by atoms with Crippen molar-refractivity contribution in [2.24, 2.45) is 10.9 Å². The van der Waals surface area contributed by atoms with E-state index in [9.17, 15) is 10.2 Å². The van der Waals surface area contributed by atoms with Gasteiger partial charge in [-0.3, -0.25) is 4.99 Å². The second-order valence-corrected chi connectivity index (χ2v) is 7.73. The molecule has 1 aliphatic heterocycles. The Hall–Kier alpha value is -2.10. The molecular weight excluding hydrogens is 346 g/mol. The Balaban J connectivity index is 1.59. The lowest BCUT2D eigenvalue weighted by atomic mass is 9.70. The largest absolute Gasteiger partial charge is 0.508 e. The van der Waals surface area contributed by atoms with Gasteiger partial charge in [0.2, 0.25) is 0 Å². The molecule has 3 unspecified atom stereocenters. The highest BCUT2D eigenvalue weighted by molar-refractivity contribution is 6.30. The Morgan fingerprint density at radius 2 is 2.08 bits per heavy atom. The number of fused-ring (bicyclic) bond motifs is 1. The van der Waals surface area contributed by atoms with Crippen LogP contribution in [0.3, 0.4) is 0 Å². The molecule has 0 saturated heterocycles. The van der Waals surface area contributed by atoms with E-state index in [1.807, 2.05) is 48.7 Å². The molecular formula is C22H22ClNO2. The molecule has 0 amide bonds. The molecule has 2 aromatic carbocycles. The molecule has 2 N–H and O–H groups in total. The minimum atomic E-state index is -0.626. The predicted molar refractivity (Wildman–Crippen MR) is 105 cm³/mol. The van der Waals surface area contributed by atoms with Crippen molar-refractivity contribution in [2.45, 2.75) is 37.3 Å². The number of hydrogen-bond donors (Lipinski definition) is 2. The van der Waals surface area contributed by atoms with Gasteiger partial charge in [-0.15, -0.1) is 0 Å². The minimum absolute atomic E-state index is 0.292. The summed E-state index contributed by atoms with van der Waals surface area (Å²) in [6.07, 6.45) is 8.68. The molecule has 0 aromatic heterocycles. The van der Waals surface area contributed by atoms with Gasteiger partial charge in [0.15, 0.2) is 0 Å². The van der Waals surface area contributed by atoms with E-state index in [2.05, 4.69) is 6.08 Å². The molecule has 0 saturated carbocycles. The van der Waals surface area contributed by atoms with Gasteiger partial charge in [0.1, 0.15) is 5.75 Å². The number of phenolic OH excluding ortho intramolecular Hbond substituents is 1. The van der Waals surface area contributed by atoms with E-state index in [4.69, 9.17) is 16.6 Å². The summed E-state index contributed by atoms with van der Waals surface area (Å²) in [5.74, 6) is 0.600. The van der Waals surface area contributed by atoms with E-state index in [0.717, 1.165) is 24.8 Å². The lowest BCUT2D eigenvalue weighted by molar-refractivity contribution is 0.123. The third kappa shape index (κ3) is 3.29. The number of aliphatic hydroxyl groups is 1. The average Bonchev–Trinajstić information content (AvgIpc) is 3.10. The van der Waals surface area contributed by atoms with E-state index in [-0.39, 0.29) is 0 Å². The number of halogens is 1. The van der Waals surface area contributed by atoms with Crippen LogP contribution in [-0.4, -0.2) is 22.0 Å². The number of hydrogen-bond acceptors (Lipinski definition) is 3. The van der Waals surface area contributed by atoms with Crippen molar-refractivity contribution in [1.29, 1.82) is 0 Å². The summed E-state index contributed by atoms with van der Waals surface area (Å²) in [4.78, 5) is 4.78. The Morgan fingerprint density at radius 3 is 2.85 bits per heavy atom. The SMILES string of the molecule is Oc1ccc2c(c1)CC(C1(CC(O)c3cccc(Cl)c3)C=CC=N1)CC2. The summed E-state index contributed by atoms with van der Waals surface area (Å²) >= 11 is 6.08. The van der Waals surface area contributed by atoms with Crippen molar-refractivity contribution in [3.63, 3.8) is 0 Å². The number of allylic oxidation sites excluding steroid dienone is 1. The highest BCUT2D eigenvalue weighted by Crippen LogP contribution is 2.43. The Morgan fingerprint density at radius 1 is 1.19 bits per heavy atom. The van der Waals surface area contributed by atoms with Gasteiger partial charge < -0.3 is 10.2 Å². The third-order valence-electron chi connectivity index (χ3n) is 5.66. The van der Waals surface area contributed by atoms with Crippen LogP contribution in [0, 0.1) is 5.92 Å². The van der Waals surface area contributed by atoms with Crippen LogP contribution in [0.15, 0.2) is 59.6 Å². The summed E-state index contributed by atoms with van der Waals surface area (Å²) in [5, 5.41) is 21.3. The number of aromatic hydroxyl groups is 1. The van der Waals surface area contributed by atoms with E-state index in [1.54, 1.807) is 6.07 Å². The Kier molecular flexibility index (Phi) is 4.60. The van der Waals surface area contributed by atoms with Gasteiger partial charge in [-0.1, -0.05) is 35.9 Å². The maximum Gasteiger partial charge on any atom is 0.115 e. The van der Waals surface area contributed by atoms with E-state index < -0.39 is 11.6 Å². The molecule has 0 fully saturated rings. The summed E-state index contributed by atoms with van der Waals surface area (Å²) in [5.41, 5.74) is 2.90. The Labute approximate surface area is 158 Å². The zero-order valence-electron chi connectivity index (χ0n) is 14.5. The molecule has 0 bridgehead atoms. The summed E-state index contributed by atoms with van der Waals surface area (Å²) in [7, 11) is 0. The van der Waals surface area contributed by atoms with Crippen LogP contribution >= 0.6 is 11.6 Å². The lowest BCUT2D eigenvalue weighted by Crippen LogP contribution is -2.38. The minimum Gasteiger partial charge on any atom is -0.508 e. The third-order valence-corrected chi connectivity index (χ3v) is 5.90. The van der Waals surface area contributed by atoms with Crippen LogP contribution in [0.4, 0.5) is 0 Å². The van der Waals surface area contributed by atoms with E-state index >= 15 is 0 Å². The van der Waals surface area contributed by atoms with E-state index in [1.165, 1.54) is 11.1 Å². The average molecular weight is 368 g/mol. The van der Waals surface area contributed by atoms with Gasteiger partial charge >= 0.3 is 0 Å². The quantitative estimate of drug-likeness (QED) is 0.826. The van der Waals surface area contributed by atoms with Crippen LogP contribution in [0.2, 0.25) is 5.02 Å². The number of aryl methyl sites for hydroxylation is 1. The van der Waals surface area contributed by atoms with Gasteiger partial charge in [0.05, 0.1) is 11.6 Å². The van der Waals surface area contributed by atoms with Crippen LogP contribution in [0.5, 0.6) is 5.75 Å². The zero-order chi connectivity index (χ0) is 18.1. The molecule has 26 heavy (non-hydrogen) atoms. The maximum absolute atomic E-state index is 10.8. The number of rotatable bonds is 4. The molecule has 0 spiro atoms. The first-order chi connectivity index (χ1) is 12.6. The molecule has 2 aromatic rings. The van der Waals surface area contributed by atoms with Crippen molar-refractivity contribution in [3.05, 3.63) is 76.3 Å².